The first kappa shape index (κ1) is 21.3. The summed E-state index contributed by atoms with van der Waals surface area (Å²) >= 11 is 0. The van der Waals surface area contributed by atoms with Crippen LogP contribution in [0.5, 0.6) is 5.88 Å². The van der Waals surface area contributed by atoms with Gasteiger partial charge in [0.2, 0.25) is 11.7 Å². The number of amides is 1. The van der Waals surface area contributed by atoms with Crippen LogP contribution in [0.1, 0.15) is 29.1 Å². The molecule has 0 aliphatic rings. The van der Waals surface area contributed by atoms with Gasteiger partial charge in [0.15, 0.2) is 0 Å². The summed E-state index contributed by atoms with van der Waals surface area (Å²) < 4.78 is 5.23. The lowest BCUT2D eigenvalue weighted by molar-refractivity contribution is 0.0929. The van der Waals surface area contributed by atoms with E-state index in [-0.39, 0.29) is 17.8 Å². The number of rotatable bonds is 6. The fourth-order valence-corrected chi connectivity index (χ4v) is 3.77. The van der Waals surface area contributed by atoms with Crippen LogP contribution in [0.15, 0.2) is 79.5 Å². The van der Waals surface area contributed by atoms with Crippen LogP contribution in [0.3, 0.4) is 0 Å². The molecule has 0 saturated heterocycles. The third-order valence-corrected chi connectivity index (χ3v) is 5.62. The number of hydrogen-bond acceptors (Lipinski definition) is 6. The van der Waals surface area contributed by atoms with E-state index < -0.39 is 0 Å². The average molecular weight is 451 g/mol. The molecular weight excluding hydrogens is 428 g/mol. The fourth-order valence-electron chi connectivity index (χ4n) is 3.77. The molecule has 4 heterocycles. The third-order valence-electron chi connectivity index (χ3n) is 5.62. The van der Waals surface area contributed by atoms with E-state index in [4.69, 9.17) is 4.74 Å². The number of benzene rings is 1. The maximum atomic E-state index is 12.6. The summed E-state index contributed by atoms with van der Waals surface area (Å²) in [5.41, 5.74) is 5.32. The molecule has 34 heavy (non-hydrogen) atoms. The summed E-state index contributed by atoms with van der Waals surface area (Å²) in [6.45, 7) is 1.93. The minimum absolute atomic E-state index is 0.120. The zero-order chi connectivity index (χ0) is 23.5. The van der Waals surface area contributed by atoms with E-state index in [0.29, 0.717) is 5.88 Å². The molecule has 0 unspecified atom stereocenters. The number of carbonyl (C=O) groups is 1. The minimum atomic E-state index is -0.322. The van der Waals surface area contributed by atoms with E-state index in [1.54, 1.807) is 31.9 Å². The number of nitrogens with zero attached hydrogens (tertiary/aromatic N) is 4. The van der Waals surface area contributed by atoms with Crippen molar-refractivity contribution in [3.63, 3.8) is 0 Å². The lowest BCUT2D eigenvalue weighted by Gasteiger charge is -2.13. The molecule has 168 valence electrons. The number of nitrogens with one attached hydrogen (secondary N) is 2. The Bertz CT molecular complexity index is 1450. The second-order valence-corrected chi connectivity index (χ2v) is 7.81. The molecule has 0 saturated carbocycles. The van der Waals surface area contributed by atoms with E-state index in [1.165, 1.54) is 0 Å². The smallest absolute Gasteiger partial charge is 0.289 e. The Morgan fingerprint density at radius 1 is 0.941 bits per heavy atom. The summed E-state index contributed by atoms with van der Waals surface area (Å²) in [4.78, 5) is 33.1. The lowest BCUT2D eigenvalue weighted by atomic mass is 10.0. The van der Waals surface area contributed by atoms with Gasteiger partial charge in [-0.1, -0.05) is 30.3 Å². The van der Waals surface area contributed by atoms with Gasteiger partial charge >= 0.3 is 0 Å². The standard InChI is InChI=1S/C26H22N6O2/c1-16(17-6-4-3-5-7-17)32-26(33)25-29-13-20(14-30-25)22-15-31-24-21(22)10-19(12-28-24)18-8-9-27-23(11-18)34-2/h3-16H,1-2H3,(H,28,31)(H,32,33)/t16-/m0/s1. The molecular formula is C26H22N6O2. The van der Waals surface area contributed by atoms with Gasteiger partial charge in [-0.3, -0.25) is 4.79 Å². The van der Waals surface area contributed by atoms with Crippen LogP contribution >= 0.6 is 0 Å². The fraction of sp³-hybridized carbons (Fsp3) is 0.115. The van der Waals surface area contributed by atoms with Crippen molar-refractivity contribution in [2.24, 2.45) is 0 Å². The van der Waals surface area contributed by atoms with Crippen LogP contribution in [-0.2, 0) is 0 Å². The molecule has 0 bridgehead atoms. The molecule has 4 aromatic heterocycles. The van der Waals surface area contributed by atoms with Crippen LogP contribution in [0.2, 0.25) is 0 Å². The van der Waals surface area contributed by atoms with E-state index in [1.807, 2.05) is 61.7 Å². The van der Waals surface area contributed by atoms with Crippen molar-refractivity contribution in [3.8, 4) is 28.1 Å². The van der Waals surface area contributed by atoms with Crippen molar-refractivity contribution >= 4 is 16.9 Å². The van der Waals surface area contributed by atoms with Crippen molar-refractivity contribution in [3.05, 3.63) is 90.9 Å². The third kappa shape index (κ3) is 4.21. The van der Waals surface area contributed by atoms with Crippen LogP contribution in [0.4, 0.5) is 0 Å². The molecule has 5 rings (SSSR count). The van der Waals surface area contributed by atoms with E-state index in [0.717, 1.165) is 38.9 Å². The molecule has 0 aliphatic heterocycles. The van der Waals surface area contributed by atoms with Crippen LogP contribution in [0.25, 0.3) is 33.3 Å². The first-order valence-electron chi connectivity index (χ1n) is 10.8. The SMILES string of the molecule is COc1cc(-c2cnc3[nH]cc(-c4cnc(C(=O)N[C@@H](C)c5ccccc5)nc4)c3c2)ccn1. The van der Waals surface area contributed by atoms with E-state index in [9.17, 15) is 4.79 Å². The number of ether oxygens (including phenoxy) is 1. The van der Waals surface area contributed by atoms with E-state index in [2.05, 4.69) is 30.2 Å². The summed E-state index contributed by atoms with van der Waals surface area (Å²) in [7, 11) is 1.59. The van der Waals surface area contributed by atoms with Gasteiger partial charge in [0.25, 0.3) is 5.91 Å². The van der Waals surface area contributed by atoms with Gasteiger partial charge in [0.1, 0.15) is 5.65 Å². The molecule has 0 aliphatic carbocycles. The minimum Gasteiger partial charge on any atom is -0.481 e. The molecule has 0 spiro atoms. The van der Waals surface area contributed by atoms with E-state index >= 15 is 0 Å². The maximum Gasteiger partial charge on any atom is 0.289 e. The number of fused-ring (bicyclic) bond motifs is 1. The second kappa shape index (κ2) is 9.11. The Hall–Kier alpha value is -4.59. The Kier molecular flexibility index (Phi) is 5.70. The second-order valence-electron chi connectivity index (χ2n) is 7.81. The van der Waals surface area contributed by atoms with Gasteiger partial charge in [0, 0.05) is 59.1 Å². The monoisotopic (exact) mass is 450 g/mol. The van der Waals surface area contributed by atoms with Gasteiger partial charge in [-0.2, -0.15) is 0 Å². The number of hydrogen-bond donors (Lipinski definition) is 2. The first-order chi connectivity index (χ1) is 16.6. The molecule has 1 aromatic carbocycles. The molecule has 8 nitrogen and oxygen atoms in total. The molecule has 5 aromatic rings. The average Bonchev–Trinajstić information content (AvgIpc) is 3.32. The zero-order valence-electron chi connectivity index (χ0n) is 18.7. The molecule has 1 amide bonds. The van der Waals surface area contributed by atoms with Crippen LogP contribution < -0.4 is 10.1 Å². The first-order valence-corrected chi connectivity index (χ1v) is 10.8. The highest BCUT2D eigenvalue weighted by atomic mass is 16.5. The number of H-pyrrole nitrogens is 1. The van der Waals surface area contributed by atoms with Gasteiger partial charge in [-0.15, -0.1) is 0 Å². The molecule has 0 fully saturated rings. The number of pyridine rings is 2. The van der Waals surface area contributed by atoms with Gasteiger partial charge < -0.3 is 15.0 Å². The molecule has 8 heteroatoms. The van der Waals surface area contributed by atoms with Crippen molar-refractivity contribution in [2.45, 2.75) is 13.0 Å². The normalized spacial score (nSPS) is 11.8. The quantitative estimate of drug-likeness (QED) is 0.392. The van der Waals surface area contributed by atoms with Crippen LogP contribution in [-0.4, -0.2) is 37.9 Å². The summed E-state index contributed by atoms with van der Waals surface area (Å²) in [6.07, 6.45) is 8.67. The Balaban J connectivity index is 1.40. The summed E-state index contributed by atoms with van der Waals surface area (Å²) in [5.74, 6) is 0.335. The zero-order valence-corrected chi connectivity index (χ0v) is 18.7. The number of aromatic nitrogens is 5. The Labute approximate surface area is 196 Å². The Morgan fingerprint density at radius 2 is 1.71 bits per heavy atom. The number of methoxy groups -OCH3 is 1. The van der Waals surface area contributed by atoms with Gasteiger partial charge in [-0.25, -0.2) is 19.9 Å². The van der Waals surface area contributed by atoms with Crippen molar-refractivity contribution in [1.82, 2.24) is 30.2 Å². The Morgan fingerprint density at radius 3 is 2.47 bits per heavy atom. The maximum absolute atomic E-state index is 12.6. The summed E-state index contributed by atoms with van der Waals surface area (Å²) in [5, 5.41) is 3.86. The topological polar surface area (TPSA) is 106 Å². The van der Waals surface area contributed by atoms with Gasteiger partial charge in [0.05, 0.1) is 13.2 Å². The predicted octanol–water partition coefficient (Wildman–Crippen LogP) is 4.58. The highest BCUT2D eigenvalue weighted by Gasteiger charge is 2.15. The molecule has 0 radical (unpaired) electrons. The predicted molar refractivity (Wildman–Crippen MR) is 129 cm³/mol. The largest absolute Gasteiger partial charge is 0.481 e. The van der Waals surface area contributed by atoms with Gasteiger partial charge in [-0.05, 0) is 30.2 Å². The van der Waals surface area contributed by atoms with Crippen LogP contribution in [0, 0.1) is 0 Å². The van der Waals surface area contributed by atoms with Crippen molar-refractivity contribution in [1.29, 1.82) is 0 Å². The lowest BCUT2D eigenvalue weighted by Crippen LogP contribution is -2.28. The molecule has 1 atom stereocenters. The number of aromatic amines is 1. The highest BCUT2D eigenvalue weighted by molar-refractivity contribution is 5.96. The summed E-state index contributed by atoms with van der Waals surface area (Å²) in [6, 6.07) is 15.4. The van der Waals surface area contributed by atoms with Crippen molar-refractivity contribution in [2.75, 3.05) is 7.11 Å². The number of carbonyl (C=O) groups excluding carboxylic acids is 1. The van der Waals surface area contributed by atoms with Crippen molar-refractivity contribution < 1.29 is 9.53 Å². The molecule has 2 N–H and O–H groups in total. The highest BCUT2D eigenvalue weighted by Crippen LogP contribution is 2.31.